The highest BCUT2D eigenvalue weighted by atomic mass is 79.9. The van der Waals surface area contributed by atoms with Crippen LogP contribution < -0.4 is 5.32 Å². The molecule has 5 heteroatoms. The number of amides is 1. The fraction of sp³-hybridized carbons (Fsp3) is 0.158. The Bertz CT molecular complexity index is 858. The summed E-state index contributed by atoms with van der Waals surface area (Å²) in [5.74, 6) is -0.0685. The van der Waals surface area contributed by atoms with Crippen molar-refractivity contribution in [3.63, 3.8) is 0 Å². The van der Waals surface area contributed by atoms with E-state index in [-0.39, 0.29) is 11.9 Å². The summed E-state index contributed by atoms with van der Waals surface area (Å²) in [7, 11) is 0. The predicted molar refractivity (Wildman–Crippen MR) is 102 cm³/mol. The second-order valence-corrected chi connectivity index (χ2v) is 7.39. The van der Waals surface area contributed by atoms with E-state index >= 15 is 0 Å². The molecule has 1 N–H and O–H groups in total. The fourth-order valence-corrected chi connectivity index (χ4v) is 3.50. The molecule has 122 valence electrons. The highest BCUT2D eigenvalue weighted by molar-refractivity contribution is 9.10. The third-order valence-corrected chi connectivity index (χ3v) is 5.33. The Hall–Kier alpha value is -1.98. The van der Waals surface area contributed by atoms with Crippen molar-refractivity contribution >= 4 is 33.2 Å². The van der Waals surface area contributed by atoms with E-state index < -0.39 is 0 Å². The third-order valence-electron chi connectivity index (χ3n) is 3.77. The van der Waals surface area contributed by atoms with Crippen molar-refractivity contribution in [2.75, 3.05) is 0 Å². The Balaban J connectivity index is 1.74. The number of carbonyl (C=O) groups excluding carboxylic acids is 1. The summed E-state index contributed by atoms with van der Waals surface area (Å²) in [4.78, 5) is 17.1. The lowest BCUT2D eigenvalue weighted by Gasteiger charge is -2.12. The second-order valence-electron chi connectivity index (χ2n) is 5.59. The summed E-state index contributed by atoms with van der Waals surface area (Å²) in [6.07, 6.45) is 0. The maximum absolute atomic E-state index is 12.4. The average molecular weight is 401 g/mol. The van der Waals surface area contributed by atoms with Crippen LogP contribution in [0.5, 0.6) is 0 Å². The van der Waals surface area contributed by atoms with E-state index in [2.05, 4.69) is 26.2 Å². The topological polar surface area (TPSA) is 42.0 Å². The number of thiazole rings is 1. The maximum atomic E-state index is 12.4. The molecule has 1 heterocycles. The minimum Gasteiger partial charge on any atom is -0.343 e. The van der Waals surface area contributed by atoms with Gasteiger partial charge < -0.3 is 5.32 Å². The van der Waals surface area contributed by atoms with E-state index in [4.69, 9.17) is 0 Å². The molecule has 0 bridgehead atoms. The maximum Gasteiger partial charge on any atom is 0.252 e. The third kappa shape index (κ3) is 3.74. The van der Waals surface area contributed by atoms with Crippen molar-refractivity contribution in [3.05, 3.63) is 74.5 Å². The predicted octanol–water partition coefficient (Wildman–Crippen LogP) is 5.37. The van der Waals surface area contributed by atoms with Crippen LogP contribution in [-0.4, -0.2) is 10.9 Å². The Morgan fingerprint density at radius 3 is 2.58 bits per heavy atom. The van der Waals surface area contributed by atoms with Crippen LogP contribution in [0.3, 0.4) is 0 Å². The SMILES string of the molecule is Cc1ccccc1C(=O)NC(C)c1nc(-c2ccc(Br)cc2)cs1. The molecule has 0 radical (unpaired) electrons. The van der Waals surface area contributed by atoms with Crippen molar-refractivity contribution in [1.29, 1.82) is 0 Å². The van der Waals surface area contributed by atoms with Gasteiger partial charge in [-0.25, -0.2) is 4.98 Å². The van der Waals surface area contributed by atoms with E-state index in [1.54, 1.807) is 11.3 Å². The molecule has 0 aliphatic heterocycles. The van der Waals surface area contributed by atoms with E-state index in [0.29, 0.717) is 5.56 Å². The minimum absolute atomic E-state index is 0.0685. The van der Waals surface area contributed by atoms with Crippen molar-refractivity contribution < 1.29 is 4.79 Å². The van der Waals surface area contributed by atoms with Gasteiger partial charge in [0.2, 0.25) is 0 Å². The molecule has 2 aromatic carbocycles. The van der Waals surface area contributed by atoms with E-state index in [0.717, 1.165) is 26.3 Å². The van der Waals surface area contributed by atoms with Crippen LogP contribution in [0.2, 0.25) is 0 Å². The lowest BCUT2D eigenvalue weighted by Crippen LogP contribution is -2.27. The molecule has 0 saturated heterocycles. The zero-order valence-electron chi connectivity index (χ0n) is 13.4. The highest BCUT2D eigenvalue weighted by Gasteiger charge is 2.16. The first-order valence-electron chi connectivity index (χ1n) is 7.62. The highest BCUT2D eigenvalue weighted by Crippen LogP contribution is 2.26. The summed E-state index contributed by atoms with van der Waals surface area (Å²) in [6, 6.07) is 15.5. The van der Waals surface area contributed by atoms with Crippen molar-refractivity contribution in [3.8, 4) is 11.3 Å². The van der Waals surface area contributed by atoms with Gasteiger partial charge in [-0.05, 0) is 37.6 Å². The molecule has 3 nitrogen and oxygen atoms in total. The van der Waals surface area contributed by atoms with Crippen LogP contribution in [0.15, 0.2) is 58.4 Å². The summed E-state index contributed by atoms with van der Waals surface area (Å²) in [5, 5.41) is 5.95. The number of hydrogen-bond donors (Lipinski definition) is 1. The molecule has 3 rings (SSSR count). The van der Waals surface area contributed by atoms with Gasteiger partial charge in [0.25, 0.3) is 5.91 Å². The van der Waals surface area contributed by atoms with Crippen LogP contribution in [0.1, 0.15) is 33.9 Å². The fourth-order valence-electron chi connectivity index (χ4n) is 2.40. The summed E-state index contributed by atoms with van der Waals surface area (Å²) >= 11 is 5.00. The van der Waals surface area contributed by atoms with Crippen LogP contribution in [0.25, 0.3) is 11.3 Å². The van der Waals surface area contributed by atoms with Gasteiger partial charge >= 0.3 is 0 Å². The zero-order chi connectivity index (χ0) is 17.1. The first kappa shape index (κ1) is 16.9. The van der Waals surface area contributed by atoms with Crippen LogP contribution in [0, 0.1) is 6.92 Å². The number of nitrogens with zero attached hydrogens (tertiary/aromatic N) is 1. The average Bonchev–Trinajstić information content (AvgIpc) is 3.06. The molecule has 0 fully saturated rings. The van der Waals surface area contributed by atoms with Crippen molar-refractivity contribution in [1.82, 2.24) is 10.3 Å². The smallest absolute Gasteiger partial charge is 0.252 e. The molecule has 0 spiro atoms. The van der Waals surface area contributed by atoms with E-state index in [1.165, 1.54) is 0 Å². The van der Waals surface area contributed by atoms with Gasteiger partial charge in [-0.1, -0.05) is 46.3 Å². The zero-order valence-corrected chi connectivity index (χ0v) is 15.8. The standard InChI is InChI=1S/C19H17BrN2OS/c1-12-5-3-4-6-16(12)18(23)21-13(2)19-22-17(11-24-19)14-7-9-15(20)10-8-14/h3-11,13H,1-2H3,(H,21,23). The lowest BCUT2D eigenvalue weighted by molar-refractivity contribution is 0.0939. The van der Waals surface area contributed by atoms with Gasteiger partial charge in [0.05, 0.1) is 11.7 Å². The lowest BCUT2D eigenvalue weighted by atomic mass is 10.1. The van der Waals surface area contributed by atoms with Crippen molar-refractivity contribution in [2.45, 2.75) is 19.9 Å². The van der Waals surface area contributed by atoms with E-state index in [1.807, 2.05) is 67.8 Å². The first-order chi connectivity index (χ1) is 11.5. The number of halogens is 1. The Labute approximate surface area is 153 Å². The molecule has 1 unspecified atom stereocenters. The number of aromatic nitrogens is 1. The molecule has 3 aromatic rings. The van der Waals surface area contributed by atoms with Crippen LogP contribution in [-0.2, 0) is 0 Å². The van der Waals surface area contributed by atoms with Gasteiger partial charge in [-0.15, -0.1) is 11.3 Å². The summed E-state index contributed by atoms with van der Waals surface area (Å²) in [5.41, 5.74) is 3.67. The van der Waals surface area contributed by atoms with Gasteiger partial charge in [0, 0.05) is 21.0 Å². The molecular weight excluding hydrogens is 384 g/mol. The molecule has 1 aromatic heterocycles. The van der Waals surface area contributed by atoms with Gasteiger partial charge in [-0.2, -0.15) is 0 Å². The molecular formula is C19H17BrN2OS. The number of aryl methyl sites for hydroxylation is 1. The molecule has 0 saturated carbocycles. The van der Waals surface area contributed by atoms with Crippen molar-refractivity contribution in [2.24, 2.45) is 0 Å². The van der Waals surface area contributed by atoms with E-state index in [9.17, 15) is 4.79 Å². The first-order valence-corrected chi connectivity index (χ1v) is 9.29. The molecule has 0 aliphatic rings. The van der Waals surface area contributed by atoms with Gasteiger partial charge in [0.1, 0.15) is 5.01 Å². The van der Waals surface area contributed by atoms with Crippen LogP contribution >= 0.6 is 27.3 Å². The number of rotatable bonds is 4. The molecule has 0 aliphatic carbocycles. The molecule has 1 atom stereocenters. The molecule has 24 heavy (non-hydrogen) atoms. The number of benzene rings is 2. The van der Waals surface area contributed by atoms with Gasteiger partial charge in [-0.3, -0.25) is 4.79 Å². The van der Waals surface area contributed by atoms with Gasteiger partial charge in [0.15, 0.2) is 0 Å². The Morgan fingerprint density at radius 1 is 1.17 bits per heavy atom. The largest absolute Gasteiger partial charge is 0.343 e. The number of nitrogens with one attached hydrogen (secondary N) is 1. The molecule has 1 amide bonds. The Kier molecular flexibility index (Phi) is 5.11. The Morgan fingerprint density at radius 2 is 1.88 bits per heavy atom. The normalized spacial score (nSPS) is 12.0. The quantitative estimate of drug-likeness (QED) is 0.639. The summed E-state index contributed by atoms with van der Waals surface area (Å²) in [6.45, 7) is 3.90. The summed E-state index contributed by atoms with van der Waals surface area (Å²) < 4.78 is 1.04. The monoisotopic (exact) mass is 400 g/mol. The second kappa shape index (κ2) is 7.28. The minimum atomic E-state index is -0.133. The number of hydrogen-bond acceptors (Lipinski definition) is 3. The van der Waals surface area contributed by atoms with Crippen LogP contribution in [0.4, 0.5) is 0 Å². The number of carbonyl (C=O) groups is 1.